The van der Waals surface area contributed by atoms with Gasteiger partial charge < -0.3 is 23.7 Å². The highest BCUT2D eigenvalue weighted by molar-refractivity contribution is 5.51. The average molecular weight is 545 g/mol. The quantitative estimate of drug-likeness (QED) is 0.184. The molecule has 0 N–H and O–H groups in total. The summed E-state index contributed by atoms with van der Waals surface area (Å²) in [4.78, 5) is 11.6. The van der Waals surface area contributed by atoms with Crippen molar-refractivity contribution in [1.29, 1.82) is 0 Å². The molecule has 0 spiro atoms. The summed E-state index contributed by atoms with van der Waals surface area (Å²) in [5.74, 6) is 1.37. The van der Waals surface area contributed by atoms with Gasteiger partial charge >= 0.3 is 0 Å². The standard InChI is InChI=1S/C34H56O5/c1-10-36-23(4)38-29(18-21-35)22(3)26-13-14-27-25-12-15-30-32(6,7)31(39-24(5)37-11-2)17-20-34(30,9)28(25)16-19-33(26,27)8/h14,21-24,26,29-31H,10-13,15-20H2,1-9H3/t22-,23?,24?,26+,29+,30-,31-,33+,34+/m0/s1. The topological polar surface area (TPSA) is 54.0 Å². The molecule has 2 unspecified atom stereocenters. The number of rotatable bonds is 12. The van der Waals surface area contributed by atoms with Crippen molar-refractivity contribution in [3.8, 4) is 0 Å². The summed E-state index contributed by atoms with van der Waals surface area (Å²) < 4.78 is 24.2. The predicted octanol–water partition coefficient (Wildman–Crippen LogP) is 8.03. The lowest BCUT2D eigenvalue weighted by molar-refractivity contribution is -0.214. The van der Waals surface area contributed by atoms with E-state index in [1.165, 1.54) is 32.1 Å². The molecule has 5 heteroatoms. The molecule has 0 aromatic heterocycles. The van der Waals surface area contributed by atoms with Gasteiger partial charge in [0.25, 0.3) is 0 Å². The monoisotopic (exact) mass is 544 g/mol. The van der Waals surface area contributed by atoms with Gasteiger partial charge in [-0.3, -0.25) is 0 Å². The van der Waals surface area contributed by atoms with Crippen LogP contribution in [-0.4, -0.2) is 44.3 Å². The van der Waals surface area contributed by atoms with Gasteiger partial charge in [0.2, 0.25) is 0 Å². The number of aldehydes is 1. The Hall–Kier alpha value is -1.01. The molecule has 0 aromatic rings. The zero-order valence-corrected chi connectivity index (χ0v) is 26.3. The zero-order chi connectivity index (χ0) is 28.6. The molecule has 1 fully saturated rings. The fourth-order valence-corrected chi connectivity index (χ4v) is 9.51. The summed E-state index contributed by atoms with van der Waals surface area (Å²) in [5.41, 5.74) is 5.51. The van der Waals surface area contributed by atoms with Gasteiger partial charge in [0.1, 0.15) is 6.29 Å². The summed E-state index contributed by atoms with van der Waals surface area (Å²) in [6.07, 6.45) is 11.8. The number of carbonyl (C=O) groups is 1. The Morgan fingerprint density at radius 1 is 0.949 bits per heavy atom. The molecule has 9 atom stereocenters. The van der Waals surface area contributed by atoms with E-state index in [0.717, 1.165) is 19.1 Å². The molecule has 4 rings (SSSR count). The molecule has 0 bridgehead atoms. The van der Waals surface area contributed by atoms with Gasteiger partial charge in [-0.05, 0) is 118 Å². The van der Waals surface area contributed by atoms with Gasteiger partial charge in [0, 0.05) is 19.6 Å². The van der Waals surface area contributed by atoms with Crippen LogP contribution in [0.2, 0.25) is 0 Å². The molecule has 4 aliphatic rings. The summed E-state index contributed by atoms with van der Waals surface area (Å²) in [6.45, 7) is 21.6. The lowest BCUT2D eigenvalue weighted by Gasteiger charge is -2.60. The molecule has 222 valence electrons. The van der Waals surface area contributed by atoms with E-state index in [1.807, 2.05) is 27.7 Å². The average Bonchev–Trinajstić information content (AvgIpc) is 3.23. The molecule has 0 aromatic carbocycles. The molecule has 0 heterocycles. The van der Waals surface area contributed by atoms with Gasteiger partial charge in [0.15, 0.2) is 12.6 Å². The minimum atomic E-state index is -0.293. The van der Waals surface area contributed by atoms with Crippen LogP contribution in [0.3, 0.4) is 0 Å². The summed E-state index contributed by atoms with van der Waals surface area (Å²) in [6, 6.07) is 0. The van der Waals surface area contributed by atoms with Crippen molar-refractivity contribution in [1.82, 2.24) is 0 Å². The lowest BCUT2D eigenvalue weighted by Crippen LogP contribution is -2.54. The van der Waals surface area contributed by atoms with Crippen molar-refractivity contribution in [3.05, 3.63) is 22.8 Å². The Morgan fingerprint density at radius 2 is 1.64 bits per heavy atom. The number of allylic oxidation sites excluding steroid dienone is 4. The van der Waals surface area contributed by atoms with E-state index in [1.54, 1.807) is 16.7 Å². The molecule has 4 aliphatic carbocycles. The van der Waals surface area contributed by atoms with Crippen LogP contribution in [0.5, 0.6) is 0 Å². The highest BCUT2D eigenvalue weighted by atomic mass is 16.7. The second kappa shape index (κ2) is 12.1. The maximum Gasteiger partial charge on any atom is 0.155 e. The minimum absolute atomic E-state index is 0.107. The maximum absolute atomic E-state index is 11.6. The molecule has 39 heavy (non-hydrogen) atoms. The molecule has 0 saturated heterocycles. The third-order valence-electron chi connectivity index (χ3n) is 11.5. The largest absolute Gasteiger partial charge is 0.353 e. The van der Waals surface area contributed by atoms with Gasteiger partial charge in [0.05, 0.1) is 12.2 Å². The Labute approximate surface area is 238 Å². The van der Waals surface area contributed by atoms with Crippen LogP contribution in [0.4, 0.5) is 0 Å². The number of carbonyl (C=O) groups excluding carboxylic acids is 1. The van der Waals surface area contributed by atoms with Crippen LogP contribution < -0.4 is 0 Å². The Bertz CT molecular complexity index is 936. The third-order valence-corrected chi connectivity index (χ3v) is 11.5. The van der Waals surface area contributed by atoms with Gasteiger partial charge in [-0.25, -0.2) is 0 Å². The van der Waals surface area contributed by atoms with E-state index in [0.29, 0.717) is 31.5 Å². The minimum Gasteiger partial charge on any atom is -0.353 e. The van der Waals surface area contributed by atoms with Crippen LogP contribution in [0.1, 0.15) is 114 Å². The molecule has 5 nitrogen and oxygen atoms in total. The van der Waals surface area contributed by atoms with Gasteiger partial charge in [-0.15, -0.1) is 0 Å². The smallest absolute Gasteiger partial charge is 0.155 e. The maximum atomic E-state index is 11.6. The number of hydrogen-bond acceptors (Lipinski definition) is 5. The van der Waals surface area contributed by atoms with Crippen LogP contribution in [0, 0.1) is 34.0 Å². The highest BCUT2D eigenvalue weighted by Crippen LogP contribution is 2.67. The van der Waals surface area contributed by atoms with Crippen molar-refractivity contribution in [2.45, 2.75) is 138 Å². The molecular formula is C34H56O5. The fourth-order valence-electron chi connectivity index (χ4n) is 9.51. The van der Waals surface area contributed by atoms with E-state index in [4.69, 9.17) is 18.9 Å². The predicted molar refractivity (Wildman–Crippen MR) is 156 cm³/mol. The lowest BCUT2D eigenvalue weighted by atomic mass is 9.46. The summed E-state index contributed by atoms with van der Waals surface area (Å²) in [7, 11) is 0. The van der Waals surface area contributed by atoms with Crippen molar-refractivity contribution in [2.75, 3.05) is 13.2 Å². The van der Waals surface area contributed by atoms with E-state index in [-0.39, 0.29) is 47.0 Å². The van der Waals surface area contributed by atoms with Gasteiger partial charge in [-0.1, -0.05) is 46.3 Å². The first-order valence-corrected chi connectivity index (χ1v) is 15.8. The first-order chi connectivity index (χ1) is 18.4. The zero-order valence-electron chi connectivity index (χ0n) is 26.3. The van der Waals surface area contributed by atoms with E-state index in [2.05, 4.69) is 40.7 Å². The number of fused-ring (bicyclic) bond motifs is 4. The van der Waals surface area contributed by atoms with Crippen LogP contribution in [0.15, 0.2) is 22.8 Å². The van der Waals surface area contributed by atoms with Crippen molar-refractivity contribution in [2.24, 2.45) is 34.0 Å². The highest BCUT2D eigenvalue weighted by Gasteiger charge is 2.58. The second-order valence-electron chi connectivity index (χ2n) is 13.8. The SMILES string of the molecule is CCOC(C)O[C@H]1CC[C@]2(C)C3=C(CC[C@H]2C1(C)C)C1=CC[C@H]([C@H](C)[C@@H](CC=O)OC(C)OCC)[C@@]1(C)CC3. The van der Waals surface area contributed by atoms with Crippen molar-refractivity contribution in [3.63, 3.8) is 0 Å². The van der Waals surface area contributed by atoms with E-state index >= 15 is 0 Å². The van der Waals surface area contributed by atoms with E-state index < -0.39 is 0 Å². The third kappa shape index (κ3) is 5.59. The number of hydrogen-bond donors (Lipinski definition) is 0. The Kier molecular flexibility index (Phi) is 9.58. The fraction of sp³-hybridized carbons (Fsp3) is 0.853. The molecule has 0 radical (unpaired) electrons. The summed E-state index contributed by atoms with van der Waals surface area (Å²) >= 11 is 0. The molecule has 1 saturated carbocycles. The first kappa shape index (κ1) is 30.9. The van der Waals surface area contributed by atoms with E-state index in [9.17, 15) is 4.79 Å². The first-order valence-electron chi connectivity index (χ1n) is 15.8. The van der Waals surface area contributed by atoms with Crippen molar-refractivity contribution < 1.29 is 23.7 Å². The molecular weight excluding hydrogens is 488 g/mol. The van der Waals surface area contributed by atoms with Gasteiger partial charge in [-0.2, -0.15) is 0 Å². The van der Waals surface area contributed by atoms with Crippen molar-refractivity contribution >= 4 is 6.29 Å². The van der Waals surface area contributed by atoms with Crippen LogP contribution >= 0.6 is 0 Å². The Balaban J connectivity index is 1.56. The van der Waals surface area contributed by atoms with Crippen LogP contribution in [0.25, 0.3) is 0 Å². The second-order valence-corrected chi connectivity index (χ2v) is 13.8. The number of ether oxygens (including phenoxy) is 4. The summed E-state index contributed by atoms with van der Waals surface area (Å²) in [5, 5.41) is 0. The van der Waals surface area contributed by atoms with Crippen LogP contribution in [-0.2, 0) is 23.7 Å². The molecule has 0 amide bonds. The molecule has 0 aliphatic heterocycles. The normalized spacial score (nSPS) is 36.7. The Morgan fingerprint density at radius 3 is 2.31 bits per heavy atom.